The molecule has 0 spiro atoms. The number of nitrogens with one attached hydrogen (secondary N) is 8. The van der Waals surface area contributed by atoms with Crippen LogP contribution in [0.2, 0.25) is 0 Å². The number of unbranched alkanes of at least 4 members (excludes halogenated alkanes) is 18. The zero-order valence-electron chi connectivity index (χ0n) is 48.4. The molecule has 5 amide bonds. The van der Waals surface area contributed by atoms with E-state index in [0.29, 0.717) is 96.2 Å². The third-order valence-corrected chi connectivity index (χ3v) is 14.9. The first-order chi connectivity index (χ1) is 37.3. The lowest BCUT2D eigenvalue weighted by molar-refractivity contribution is -0.143. The molecule has 0 aliphatic heterocycles. The first-order valence-corrected chi connectivity index (χ1v) is 29.9. The second kappa shape index (κ2) is 44.1. The highest BCUT2D eigenvalue weighted by atomic mass is 19.1. The third-order valence-electron chi connectivity index (χ3n) is 14.9. The number of hydrogen-bond donors (Lipinski definition) is 11. The van der Waals surface area contributed by atoms with Crippen LogP contribution < -0.4 is 48.3 Å². The minimum absolute atomic E-state index is 0.0175. The standard InChI is InChI=1S/C58H106FN9O10/c1-43(28-20-18-16-14-12-10-8-6-7-9-11-13-15-17-19-21-32-51(70)71)66-42-44-33-35-45(36-34-44)53(73)67-49(56(76)77)37-38-50(69)63-39-25-23-30-47(61-4)54(74)65-41-27-24-31-48(62-5)55(75)64-40-26-22-29-46(52(59)72)68-57(78)58(2,3)60/h44-49,61-62,66H,1,6-42,60H2,2-5H3,(H,63,69)(H,64,75)(H,65,74)(H,67,73)(H,68,78)(H,70,71)(H,76,77)/t44?,45?,46?,47-,48?,49?/m0/s1. The predicted octanol–water partition coefficient (Wildman–Crippen LogP) is 7.11. The summed E-state index contributed by atoms with van der Waals surface area (Å²) < 4.78 is 13.4. The van der Waals surface area contributed by atoms with E-state index in [4.69, 9.17) is 10.8 Å². The third kappa shape index (κ3) is 36.5. The predicted molar refractivity (Wildman–Crippen MR) is 305 cm³/mol. The quantitative estimate of drug-likeness (QED) is 0.0214. The van der Waals surface area contributed by atoms with Crippen molar-refractivity contribution < 1.29 is 53.0 Å². The molecule has 1 saturated carbocycles. The molecule has 450 valence electrons. The molecule has 4 atom stereocenters. The summed E-state index contributed by atoms with van der Waals surface area (Å²) in [4.78, 5) is 97.2. The van der Waals surface area contributed by atoms with Crippen LogP contribution in [0.4, 0.5) is 4.39 Å². The van der Waals surface area contributed by atoms with Crippen molar-refractivity contribution >= 4 is 47.5 Å². The molecular formula is C58H106FN9O10. The Morgan fingerprint density at radius 1 is 0.526 bits per heavy atom. The summed E-state index contributed by atoms with van der Waals surface area (Å²) >= 11 is 0. The van der Waals surface area contributed by atoms with Crippen molar-refractivity contribution in [3.8, 4) is 0 Å². The number of halogens is 1. The van der Waals surface area contributed by atoms with Gasteiger partial charge in [-0.05, 0) is 143 Å². The first-order valence-electron chi connectivity index (χ1n) is 29.9. The lowest BCUT2D eigenvalue weighted by Gasteiger charge is -2.29. The fourth-order valence-corrected chi connectivity index (χ4v) is 9.72. The van der Waals surface area contributed by atoms with Crippen LogP contribution in [-0.4, -0.2) is 128 Å². The van der Waals surface area contributed by atoms with E-state index in [0.717, 1.165) is 57.2 Å². The van der Waals surface area contributed by atoms with Crippen LogP contribution in [0.1, 0.15) is 226 Å². The van der Waals surface area contributed by atoms with E-state index >= 15 is 0 Å². The average molecular weight is 1110 g/mol. The SMILES string of the molecule is C=C(CCCCCCCCCCCCCCCCCCC(=O)O)NCC1CCC(C(=O)NC(CCC(=O)NCCCC[C@H](NC)C(=O)NCCCCC(NC)C(=O)NCCCCC(NC(=O)C(C)(C)N)C(=O)F)C(=O)O)CC1. The van der Waals surface area contributed by atoms with Crippen molar-refractivity contribution in [1.29, 1.82) is 0 Å². The topological polar surface area (TPSA) is 299 Å². The van der Waals surface area contributed by atoms with E-state index in [1.54, 1.807) is 14.1 Å². The maximum absolute atomic E-state index is 13.4. The zero-order chi connectivity index (χ0) is 58.0. The molecule has 19 nitrogen and oxygen atoms in total. The van der Waals surface area contributed by atoms with Crippen LogP contribution >= 0.6 is 0 Å². The number of amides is 5. The summed E-state index contributed by atoms with van der Waals surface area (Å²) in [5, 5.41) is 41.7. The Kier molecular flexibility index (Phi) is 40.3. The van der Waals surface area contributed by atoms with Gasteiger partial charge in [0.25, 0.3) is 0 Å². The van der Waals surface area contributed by atoms with Crippen molar-refractivity contribution in [2.75, 3.05) is 40.3 Å². The molecule has 12 N–H and O–H groups in total. The maximum atomic E-state index is 13.4. The van der Waals surface area contributed by atoms with Gasteiger partial charge in [-0.15, -0.1) is 0 Å². The van der Waals surface area contributed by atoms with E-state index in [1.165, 1.54) is 90.9 Å². The van der Waals surface area contributed by atoms with Gasteiger partial charge in [0, 0.05) is 50.6 Å². The summed E-state index contributed by atoms with van der Waals surface area (Å²) in [5.74, 6) is -3.23. The minimum atomic E-state index is -1.64. The van der Waals surface area contributed by atoms with Gasteiger partial charge in [-0.25, -0.2) is 4.79 Å². The Balaban J connectivity index is 2.15. The maximum Gasteiger partial charge on any atom is 0.326 e. The van der Waals surface area contributed by atoms with Gasteiger partial charge in [0.15, 0.2) is 0 Å². The summed E-state index contributed by atoms with van der Waals surface area (Å²) in [6.45, 7) is 9.09. The van der Waals surface area contributed by atoms with Gasteiger partial charge in [-0.1, -0.05) is 96.5 Å². The molecule has 0 heterocycles. The second-order valence-electron chi connectivity index (χ2n) is 22.3. The van der Waals surface area contributed by atoms with Gasteiger partial charge >= 0.3 is 18.0 Å². The lowest BCUT2D eigenvalue weighted by atomic mass is 9.81. The second-order valence-corrected chi connectivity index (χ2v) is 22.3. The molecule has 1 fully saturated rings. The molecule has 1 aliphatic carbocycles. The Morgan fingerprint density at radius 3 is 1.36 bits per heavy atom. The largest absolute Gasteiger partial charge is 0.481 e. The highest BCUT2D eigenvalue weighted by molar-refractivity contribution is 5.89. The molecule has 1 rings (SSSR count). The minimum Gasteiger partial charge on any atom is -0.481 e. The monoisotopic (exact) mass is 1110 g/mol. The van der Waals surface area contributed by atoms with Gasteiger partial charge in [0.2, 0.25) is 29.5 Å². The van der Waals surface area contributed by atoms with Crippen LogP contribution in [0.5, 0.6) is 0 Å². The van der Waals surface area contributed by atoms with Crippen LogP contribution in [0.15, 0.2) is 12.3 Å². The first kappa shape index (κ1) is 71.3. The Hall–Kier alpha value is -4.69. The molecule has 0 aromatic carbocycles. The van der Waals surface area contributed by atoms with E-state index in [-0.39, 0.29) is 48.8 Å². The number of nitrogens with two attached hydrogens (primary N) is 1. The van der Waals surface area contributed by atoms with Crippen LogP contribution in [0.3, 0.4) is 0 Å². The number of hydrogen-bond acceptors (Lipinski definition) is 12. The van der Waals surface area contributed by atoms with Crippen molar-refractivity contribution in [3.05, 3.63) is 12.3 Å². The molecule has 20 heteroatoms. The molecule has 0 radical (unpaired) electrons. The van der Waals surface area contributed by atoms with Gasteiger partial charge < -0.3 is 58.5 Å². The summed E-state index contributed by atoms with van der Waals surface area (Å²) in [5.41, 5.74) is 5.52. The number of carbonyl (C=O) groups excluding carboxylic acids is 6. The highest BCUT2D eigenvalue weighted by Crippen LogP contribution is 2.29. The van der Waals surface area contributed by atoms with Crippen molar-refractivity contribution in [2.45, 2.75) is 255 Å². The average Bonchev–Trinajstić information content (AvgIpc) is 3.39. The molecule has 0 aromatic rings. The number of allylic oxidation sites excluding steroid dienone is 1. The van der Waals surface area contributed by atoms with E-state index in [1.807, 2.05) is 0 Å². The van der Waals surface area contributed by atoms with Crippen molar-refractivity contribution in [3.63, 3.8) is 0 Å². The van der Waals surface area contributed by atoms with Gasteiger partial charge in [0.05, 0.1) is 17.6 Å². The van der Waals surface area contributed by atoms with E-state index in [2.05, 4.69) is 49.1 Å². The number of rotatable bonds is 50. The van der Waals surface area contributed by atoms with E-state index in [9.17, 15) is 47.9 Å². The summed E-state index contributed by atoms with van der Waals surface area (Å²) in [6.07, 6.45) is 28.5. The fraction of sp³-hybridized carbons (Fsp3) is 0.828. The smallest absolute Gasteiger partial charge is 0.326 e. The number of likely N-dealkylation sites (N-methyl/N-ethyl adjacent to an activating group) is 2. The molecular weight excluding hydrogens is 1000 g/mol. The number of carbonyl (C=O) groups is 8. The Labute approximate surface area is 467 Å². The van der Waals surface area contributed by atoms with Gasteiger partial charge in [-0.3, -0.25) is 33.6 Å². The van der Waals surface area contributed by atoms with E-state index < -0.39 is 53.6 Å². The summed E-state index contributed by atoms with van der Waals surface area (Å²) in [6, 6.07) is -4.96. The Morgan fingerprint density at radius 2 is 0.949 bits per heavy atom. The molecule has 3 unspecified atom stereocenters. The molecule has 0 aromatic heterocycles. The highest BCUT2D eigenvalue weighted by Gasteiger charge is 2.30. The van der Waals surface area contributed by atoms with Crippen molar-refractivity contribution in [2.24, 2.45) is 17.6 Å². The normalized spacial score (nSPS) is 16.0. The molecule has 78 heavy (non-hydrogen) atoms. The lowest BCUT2D eigenvalue weighted by Crippen LogP contribution is -2.53. The van der Waals surface area contributed by atoms with Gasteiger partial charge in [0.1, 0.15) is 12.1 Å². The zero-order valence-corrected chi connectivity index (χ0v) is 48.4. The number of aliphatic carboxylic acids is 2. The fourth-order valence-electron chi connectivity index (χ4n) is 9.72. The van der Waals surface area contributed by atoms with Crippen LogP contribution in [0, 0.1) is 11.8 Å². The number of carboxylic acids is 2. The van der Waals surface area contributed by atoms with Gasteiger partial charge in [-0.2, -0.15) is 4.39 Å². The van der Waals surface area contributed by atoms with Crippen LogP contribution in [-0.2, 0) is 38.4 Å². The Bertz CT molecular complexity index is 1740. The van der Waals surface area contributed by atoms with Crippen molar-refractivity contribution in [1.82, 2.24) is 42.5 Å². The summed E-state index contributed by atoms with van der Waals surface area (Å²) in [7, 11) is 3.39. The molecule has 0 bridgehead atoms. The van der Waals surface area contributed by atoms with Crippen LogP contribution in [0.25, 0.3) is 0 Å². The number of carboxylic acid groups (broad SMARTS) is 2. The molecule has 1 aliphatic rings. The molecule has 0 saturated heterocycles.